The van der Waals surface area contributed by atoms with E-state index >= 15 is 0 Å². The molecule has 0 amide bonds. The van der Waals surface area contributed by atoms with Gasteiger partial charge in [-0.1, -0.05) is 50.3 Å². The van der Waals surface area contributed by atoms with Crippen LogP contribution in [0.3, 0.4) is 0 Å². The normalized spacial score (nSPS) is 16.4. The van der Waals surface area contributed by atoms with E-state index in [1.165, 1.54) is 54.9 Å². The number of hydrogen-bond donors (Lipinski definition) is 0. The number of benzene rings is 1. The van der Waals surface area contributed by atoms with Gasteiger partial charge in [-0.2, -0.15) is 0 Å². The van der Waals surface area contributed by atoms with Gasteiger partial charge in [0.05, 0.1) is 17.2 Å². The zero-order valence-electron chi connectivity index (χ0n) is 13.0. The number of pyridine rings is 2. The van der Waals surface area contributed by atoms with Crippen molar-refractivity contribution in [3.8, 4) is 0 Å². The first-order chi connectivity index (χ1) is 10.9. The molecule has 2 aromatic heterocycles. The van der Waals surface area contributed by atoms with Gasteiger partial charge in [-0.15, -0.1) is 0 Å². The summed E-state index contributed by atoms with van der Waals surface area (Å²) >= 11 is 0. The van der Waals surface area contributed by atoms with Crippen molar-refractivity contribution in [2.75, 3.05) is 0 Å². The zero-order chi connectivity index (χ0) is 14.8. The van der Waals surface area contributed by atoms with Crippen LogP contribution >= 0.6 is 0 Å². The molecule has 2 heterocycles. The molecule has 2 heteroatoms. The molecule has 0 spiro atoms. The summed E-state index contributed by atoms with van der Waals surface area (Å²) in [5.41, 5.74) is 3.43. The van der Waals surface area contributed by atoms with Gasteiger partial charge >= 0.3 is 0 Å². The summed E-state index contributed by atoms with van der Waals surface area (Å²) < 4.78 is 0. The molecular formula is C20H22N2. The molecule has 4 rings (SSSR count). The minimum Gasteiger partial charge on any atom is -0.254 e. The molecule has 0 unspecified atom stereocenters. The molecule has 1 aliphatic carbocycles. The maximum atomic E-state index is 4.63. The third kappa shape index (κ3) is 2.70. The fourth-order valence-corrected chi connectivity index (χ4v) is 3.77. The van der Waals surface area contributed by atoms with Crippen LogP contribution in [-0.2, 0) is 6.42 Å². The minimum absolute atomic E-state index is 0.929. The Labute approximate surface area is 131 Å². The van der Waals surface area contributed by atoms with Crippen molar-refractivity contribution in [3.05, 3.63) is 48.3 Å². The standard InChI is InChI=1S/C20H22N2/c1-2-6-15(7-3-1)10-11-16-12-18-17-8-4-5-9-19(17)22-14-20(18)21-13-16/h4-5,8-9,12-15H,1-3,6-7,10-11H2. The Morgan fingerprint density at radius 3 is 2.59 bits per heavy atom. The monoisotopic (exact) mass is 290 g/mol. The van der Waals surface area contributed by atoms with E-state index in [4.69, 9.17) is 0 Å². The predicted molar refractivity (Wildman–Crippen MR) is 91.9 cm³/mol. The summed E-state index contributed by atoms with van der Waals surface area (Å²) in [6.07, 6.45) is 13.5. The number of fused-ring (bicyclic) bond motifs is 3. The first-order valence-corrected chi connectivity index (χ1v) is 8.52. The van der Waals surface area contributed by atoms with Gasteiger partial charge in [0.1, 0.15) is 0 Å². The third-order valence-electron chi connectivity index (χ3n) is 5.06. The van der Waals surface area contributed by atoms with Crippen LogP contribution < -0.4 is 0 Å². The molecule has 3 aromatic rings. The van der Waals surface area contributed by atoms with Crippen molar-refractivity contribution < 1.29 is 0 Å². The molecule has 1 fully saturated rings. The Kier molecular flexibility index (Phi) is 3.75. The van der Waals surface area contributed by atoms with Crippen LogP contribution in [0.15, 0.2) is 42.7 Å². The second-order valence-corrected chi connectivity index (χ2v) is 6.59. The maximum absolute atomic E-state index is 4.63. The Hall–Kier alpha value is -1.96. The van der Waals surface area contributed by atoms with Crippen molar-refractivity contribution in [2.45, 2.75) is 44.9 Å². The van der Waals surface area contributed by atoms with E-state index in [0.29, 0.717) is 0 Å². The topological polar surface area (TPSA) is 25.8 Å². The number of hydrogen-bond acceptors (Lipinski definition) is 2. The third-order valence-corrected chi connectivity index (χ3v) is 5.06. The Morgan fingerprint density at radius 1 is 0.864 bits per heavy atom. The van der Waals surface area contributed by atoms with Crippen molar-refractivity contribution in [1.29, 1.82) is 0 Å². The van der Waals surface area contributed by atoms with E-state index in [1.54, 1.807) is 0 Å². The van der Waals surface area contributed by atoms with Crippen LogP contribution in [0.5, 0.6) is 0 Å². The summed E-state index contributed by atoms with van der Waals surface area (Å²) in [6, 6.07) is 10.7. The molecule has 0 bridgehead atoms. The fraction of sp³-hybridized carbons (Fsp3) is 0.400. The van der Waals surface area contributed by atoms with Gasteiger partial charge in [-0.3, -0.25) is 9.97 Å². The summed E-state index contributed by atoms with van der Waals surface area (Å²) in [5.74, 6) is 0.929. The summed E-state index contributed by atoms with van der Waals surface area (Å²) in [5, 5.41) is 2.46. The van der Waals surface area contributed by atoms with Crippen molar-refractivity contribution in [2.24, 2.45) is 5.92 Å². The van der Waals surface area contributed by atoms with E-state index in [-0.39, 0.29) is 0 Å². The van der Waals surface area contributed by atoms with E-state index in [0.717, 1.165) is 23.4 Å². The lowest BCUT2D eigenvalue weighted by Crippen LogP contribution is -2.07. The molecule has 1 saturated carbocycles. The van der Waals surface area contributed by atoms with Crippen LogP contribution in [0.1, 0.15) is 44.1 Å². The number of para-hydroxylation sites is 1. The Balaban J connectivity index is 1.62. The first kappa shape index (κ1) is 13.7. The second-order valence-electron chi connectivity index (χ2n) is 6.59. The molecule has 112 valence electrons. The number of nitrogens with zero attached hydrogens (tertiary/aromatic N) is 2. The van der Waals surface area contributed by atoms with Gasteiger partial charge in [0.2, 0.25) is 0 Å². The lowest BCUT2D eigenvalue weighted by atomic mass is 9.85. The van der Waals surface area contributed by atoms with Gasteiger partial charge in [-0.25, -0.2) is 0 Å². The molecule has 0 atom stereocenters. The van der Waals surface area contributed by atoms with Crippen LogP contribution in [-0.4, -0.2) is 9.97 Å². The largest absolute Gasteiger partial charge is 0.254 e. The lowest BCUT2D eigenvalue weighted by Gasteiger charge is -2.21. The van der Waals surface area contributed by atoms with Gasteiger partial charge in [-0.05, 0) is 36.5 Å². The molecule has 1 aliphatic rings. The molecular weight excluding hydrogens is 268 g/mol. The number of aryl methyl sites for hydroxylation is 1. The highest BCUT2D eigenvalue weighted by molar-refractivity contribution is 6.03. The zero-order valence-corrected chi connectivity index (χ0v) is 13.0. The van der Waals surface area contributed by atoms with Gasteiger partial charge in [0.15, 0.2) is 0 Å². The molecule has 0 saturated heterocycles. The smallest absolute Gasteiger partial charge is 0.0891 e. The minimum atomic E-state index is 0.929. The highest BCUT2D eigenvalue weighted by Gasteiger charge is 2.13. The maximum Gasteiger partial charge on any atom is 0.0891 e. The lowest BCUT2D eigenvalue weighted by molar-refractivity contribution is 0.339. The van der Waals surface area contributed by atoms with Crippen LogP contribution in [0, 0.1) is 5.92 Å². The Bertz CT molecular complexity index is 788. The highest BCUT2D eigenvalue weighted by Crippen LogP contribution is 2.28. The molecule has 0 radical (unpaired) electrons. The average Bonchev–Trinajstić information content (AvgIpc) is 2.60. The van der Waals surface area contributed by atoms with Crippen LogP contribution in [0.25, 0.3) is 21.8 Å². The second kappa shape index (κ2) is 6.04. The van der Waals surface area contributed by atoms with E-state index in [1.807, 2.05) is 18.5 Å². The molecule has 22 heavy (non-hydrogen) atoms. The molecule has 0 N–H and O–H groups in total. The summed E-state index contributed by atoms with van der Waals surface area (Å²) in [4.78, 5) is 9.13. The van der Waals surface area contributed by atoms with E-state index in [2.05, 4.69) is 34.2 Å². The first-order valence-electron chi connectivity index (χ1n) is 8.52. The van der Waals surface area contributed by atoms with Crippen molar-refractivity contribution >= 4 is 21.8 Å². The number of rotatable bonds is 3. The number of aromatic nitrogens is 2. The van der Waals surface area contributed by atoms with Gasteiger partial charge in [0.25, 0.3) is 0 Å². The SMILES string of the molecule is c1ccc2c(c1)ncc1ncc(CCC3CCCCC3)cc12. The van der Waals surface area contributed by atoms with Gasteiger partial charge in [0, 0.05) is 17.0 Å². The van der Waals surface area contributed by atoms with Crippen LogP contribution in [0.4, 0.5) is 0 Å². The predicted octanol–water partition coefficient (Wildman–Crippen LogP) is 5.30. The molecule has 2 nitrogen and oxygen atoms in total. The van der Waals surface area contributed by atoms with Crippen LogP contribution in [0.2, 0.25) is 0 Å². The van der Waals surface area contributed by atoms with Crippen molar-refractivity contribution in [3.63, 3.8) is 0 Å². The van der Waals surface area contributed by atoms with Gasteiger partial charge < -0.3 is 0 Å². The molecule has 1 aromatic carbocycles. The van der Waals surface area contributed by atoms with E-state index < -0.39 is 0 Å². The molecule has 0 aliphatic heterocycles. The Morgan fingerprint density at radius 2 is 1.68 bits per heavy atom. The average molecular weight is 290 g/mol. The summed E-state index contributed by atoms with van der Waals surface area (Å²) in [7, 11) is 0. The van der Waals surface area contributed by atoms with Crippen molar-refractivity contribution in [1.82, 2.24) is 9.97 Å². The highest BCUT2D eigenvalue weighted by atomic mass is 14.7. The quantitative estimate of drug-likeness (QED) is 0.612. The summed E-state index contributed by atoms with van der Waals surface area (Å²) in [6.45, 7) is 0. The van der Waals surface area contributed by atoms with E-state index in [9.17, 15) is 0 Å². The fourth-order valence-electron chi connectivity index (χ4n) is 3.77.